The van der Waals surface area contributed by atoms with E-state index in [1.807, 2.05) is 57.2 Å². The Labute approximate surface area is 176 Å². The third kappa shape index (κ3) is 4.64. The number of halogens is 4. The maximum atomic E-state index is 12.8. The number of alkyl halides is 4. The van der Waals surface area contributed by atoms with E-state index >= 15 is 0 Å². The minimum atomic E-state index is -5.60. The first-order valence-corrected chi connectivity index (χ1v) is 12.2. The molecule has 0 radical (unpaired) electrons. The van der Waals surface area contributed by atoms with Crippen molar-refractivity contribution in [3.8, 4) is 0 Å². The van der Waals surface area contributed by atoms with Crippen LogP contribution in [0.25, 0.3) is 0 Å². The van der Waals surface area contributed by atoms with E-state index < -0.39 is 46.6 Å². The summed E-state index contributed by atoms with van der Waals surface area (Å²) in [5.41, 5.74) is -2.39. The van der Waals surface area contributed by atoms with Gasteiger partial charge in [0.1, 0.15) is 0 Å². The Morgan fingerprint density at radius 1 is 1.11 bits per heavy atom. The average molecular weight is 529 g/mol. The molecule has 8 heteroatoms. The third-order valence-electron chi connectivity index (χ3n) is 4.72. The number of benzene rings is 1. The quantitative estimate of drug-likeness (QED) is 0.342. The SMILES string of the molecule is CC1=CC(C)(c2ccccc2C(C)(C)C)C([I-]OS(=O)(=O)C(F)(F)F)C(C)=C1. The van der Waals surface area contributed by atoms with E-state index in [1.165, 1.54) is 0 Å². The van der Waals surface area contributed by atoms with Crippen LogP contribution in [0.5, 0.6) is 0 Å². The molecule has 0 N–H and O–H groups in total. The second-order valence-electron chi connectivity index (χ2n) is 8.27. The molecule has 0 amide bonds. The van der Waals surface area contributed by atoms with Crippen molar-refractivity contribution in [3.63, 3.8) is 0 Å². The van der Waals surface area contributed by atoms with Gasteiger partial charge in [-0.25, -0.2) is 0 Å². The van der Waals surface area contributed by atoms with Gasteiger partial charge in [-0.3, -0.25) is 0 Å². The van der Waals surface area contributed by atoms with Gasteiger partial charge in [0.15, 0.2) is 0 Å². The summed E-state index contributed by atoms with van der Waals surface area (Å²) >= 11 is -1.80. The number of hydrogen-bond donors (Lipinski definition) is 0. The summed E-state index contributed by atoms with van der Waals surface area (Å²) in [4.78, 5) is 0. The molecule has 0 heterocycles. The number of allylic oxidation sites excluding steroid dienone is 4. The molecule has 0 saturated carbocycles. The van der Waals surface area contributed by atoms with Gasteiger partial charge in [0, 0.05) is 0 Å². The van der Waals surface area contributed by atoms with E-state index in [9.17, 15) is 21.6 Å². The zero-order valence-corrected chi connectivity index (χ0v) is 19.7. The summed E-state index contributed by atoms with van der Waals surface area (Å²) in [6.45, 7) is 11.9. The minimum absolute atomic E-state index is 0.182. The summed E-state index contributed by atoms with van der Waals surface area (Å²) < 4.78 is 65.4. The van der Waals surface area contributed by atoms with E-state index in [4.69, 9.17) is 0 Å². The van der Waals surface area contributed by atoms with Gasteiger partial charge in [-0.05, 0) is 0 Å². The number of hydrogen-bond acceptors (Lipinski definition) is 3. The molecule has 0 bridgehead atoms. The molecule has 1 aromatic rings. The fourth-order valence-corrected chi connectivity index (χ4v) is 7.52. The van der Waals surface area contributed by atoms with E-state index in [0.717, 1.165) is 22.3 Å². The van der Waals surface area contributed by atoms with Gasteiger partial charge in [-0.15, -0.1) is 0 Å². The van der Waals surface area contributed by atoms with Crippen LogP contribution in [0.4, 0.5) is 13.2 Å². The van der Waals surface area contributed by atoms with Crippen molar-refractivity contribution >= 4 is 10.1 Å². The van der Waals surface area contributed by atoms with Crippen molar-refractivity contribution in [1.29, 1.82) is 0 Å². The maximum absolute atomic E-state index is 12.8. The molecule has 1 aromatic carbocycles. The van der Waals surface area contributed by atoms with Crippen LogP contribution in [0.1, 0.15) is 52.7 Å². The summed E-state index contributed by atoms with van der Waals surface area (Å²) in [5.74, 6) is 0. The third-order valence-corrected chi connectivity index (χ3v) is 10.3. The van der Waals surface area contributed by atoms with Crippen LogP contribution in [0.2, 0.25) is 0 Å². The Balaban J connectivity index is 2.56. The zero-order chi connectivity index (χ0) is 21.5. The Morgan fingerprint density at radius 2 is 1.68 bits per heavy atom. The Bertz CT molecular complexity index is 911. The Morgan fingerprint density at radius 3 is 2.21 bits per heavy atom. The molecule has 0 fully saturated rings. The molecule has 0 spiro atoms. The molecule has 3 nitrogen and oxygen atoms in total. The first-order chi connectivity index (χ1) is 12.6. The molecule has 0 aromatic heterocycles. The summed E-state index contributed by atoms with van der Waals surface area (Å²) in [6.07, 6.45) is 3.90. The fourth-order valence-electron chi connectivity index (χ4n) is 3.60. The molecular weight excluding hydrogens is 504 g/mol. The predicted molar refractivity (Wildman–Crippen MR) is 99.9 cm³/mol. The van der Waals surface area contributed by atoms with Crippen LogP contribution < -0.4 is 21.6 Å². The van der Waals surface area contributed by atoms with Crippen molar-refractivity contribution in [2.24, 2.45) is 0 Å². The Hall–Kier alpha value is -0.870. The summed E-state index contributed by atoms with van der Waals surface area (Å²) in [7, 11) is -5.60. The normalized spacial score (nSPS) is 24.1. The van der Waals surface area contributed by atoms with E-state index in [1.54, 1.807) is 0 Å². The predicted octanol–water partition coefficient (Wildman–Crippen LogP) is 2.39. The molecule has 0 aliphatic heterocycles. The van der Waals surface area contributed by atoms with Gasteiger partial charge in [0.05, 0.1) is 0 Å². The van der Waals surface area contributed by atoms with Gasteiger partial charge in [-0.1, -0.05) is 0 Å². The molecule has 0 saturated heterocycles. The topological polar surface area (TPSA) is 43.4 Å². The van der Waals surface area contributed by atoms with Crippen molar-refractivity contribution in [1.82, 2.24) is 0 Å². The summed E-state index contributed by atoms with van der Waals surface area (Å²) in [6, 6.07) is 7.82. The molecule has 2 unspecified atom stereocenters. The van der Waals surface area contributed by atoms with Crippen LogP contribution in [-0.2, 0) is 23.5 Å². The molecule has 1 aliphatic rings. The van der Waals surface area contributed by atoms with Crippen molar-refractivity contribution in [2.75, 3.05) is 0 Å². The van der Waals surface area contributed by atoms with Crippen LogP contribution in [0.3, 0.4) is 0 Å². The van der Waals surface area contributed by atoms with Crippen LogP contribution >= 0.6 is 0 Å². The van der Waals surface area contributed by atoms with Crippen molar-refractivity contribution in [3.05, 3.63) is 58.7 Å². The average Bonchev–Trinajstić information content (AvgIpc) is 2.51. The van der Waals surface area contributed by atoms with Gasteiger partial charge in [-0.2, -0.15) is 0 Å². The summed E-state index contributed by atoms with van der Waals surface area (Å²) in [5, 5.41) is 0. The van der Waals surface area contributed by atoms with Gasteiger partial charge in [0.2, 0.25) is 0 Å². The fraction of sp³-hybridized carbons (Fsp3) is 0.500. The van der Waals surface area contributed by atoms with E-state index in [2.05, 4.69) is 23.3 Å². The monoisotopic (exact) mass is 529 g/mol. The number of rotatable bonds is 4. The first kappa shape index (κ1) is 23.4. The molecule has 158 valence electrons. The molecule has 2 atom stereocenters. The first-order valence-electron chi connectivity index (χ1n) is 8.70. The van der Waals surface area contributed by atoms with E-state index in [0.29, 0.717) is 0 Å². The van der Waals surface area contributed by atoms with Crippen LogP contribution in [0, 0.1) is 0 Å². The van der Waals surface area contributed by atoms with Gasteiger partial charge >= 0.3 is 176 Å². The van der Waals surface area contributed by atoms with Crippen LogP contribution in [-0.4, -0.2) is 17.9 Å². The Kier molecular flexibility index (Phi) is 6.48. The van der Waals surface area contributed by atoms with Gasteiger partial charge < -0.3 is 0 Å². The standard InChI is InChI=1S/C20H25F3IO3S/c1-13-11-14(2)17(24-27-28(25,26)20(21,22)23)19(6,12-13)16-10-8-7-9-15(16)18(3,4)5/h7-12,17H,1-6H3/q-1. The molecule has 1 aliphatic carbocycles. The second-order valence-corrected chi connectivity index (χ2v) is 12.6. The van der Waals surface area contributed by atoms with E-state index in [-0.39, 0.29) is 5.41 Å². The molecule has 2 rings (SSSR count). The zero-order valence-electron chi connectivity index (χ0n) is 16.7. The van der Waals surface area contributed by atoms with Crippen molar-refractivity contribution < 1.29 is 45.7 Å². The second kappa shape index (κ2) is 7.75. The van der Waals surface area contributed by atoms with Gasteiger partial charge in [0.25, 0.3) is 0 Å². The van der Waals surface area contributed by atoms with Crippen molar-refractivity contribution in [2.45, 2.75) is 61.8 Å². The van der Waals surface area contributed by atoms with Crippen LogP contribution in [0.15, 0.2) is 47.6 Å². The molecule has 28 heavy (non-hydrogen) atoms. The molecular formula is C20H25F3IO3S-.